The second kappa shape index (κ2) is 13.2. The Morgan fingerprint density at radius 1 is 1.11 bits per heavy atom. The van der Waals surface area contributed by atoms with Crippen molar-refractivity contribution in [2.45, 2.75) is 43.8 Å². The molecule has 35 heavy (non-hydrogen) atoms. The van der Waals surface area contributed by atoms with E-state index in [-0.39, 0.29) is 40.3 Å². The molecule has 0 radical (unpaired) electrons. The van der Waals surface area contributed by atoms with Gasteiger partial charge >= 0.3 is 5.97 Å². The molecule has 2 heterocycles. The number of para-hydroxylation sites is 2. The lowest BCUT2D eigenvalue weighted by Gasteiger charge is -2.33. The Kier molecular flexibility index (Phi) is 10.3. The zero-order valence-electron chi connectivity index (χ0n) is 19.8. The minimum atomic E-state index is -0.326. The summed E-state index contributed by atoms with van der Waals surface area (Å²) in [6.07, 6.45) is 3.22. The van der Waals surface area contributed by atoms with Gasteiger partial charge in [-0.2, -0.15) is 0 Å². The molecule has 1 saturated heterocycles. The number of hydrogen-bond acceptors (Lipinski definition) is 6. The number of Topliss-reactive ketones (excluding diaryl/α,β-unsaturated/α-hetero) is 1. The van der Waals surface area contributed by atoms with Crippen LogP contribution in [0.3, 0.4) is 0 Å². The number of hydrogen-bond donors (Lipinski definition) is 0. The number of aromatic nitrogens is 2. The number of esters is 1. The molecule has 0 saturated carbocycles. The number of carbonyl (C=O) groups is 2. The summed E-state index contributed by atoms with van der Waals surface area (Å²) >= 11 is 1.43. The van der Waals surface area contributed by atoms with E-state index in [0.29, 0.717) is 24.6 Å². The van der Waals surface area contributed by atoms with E-state index in [1.54, 1.807) is 12.1 Å². The summed E-state index contributed by atoms with van der Waals surface area (Å²) in [5.74, 6) is -0.246. The summed E-state index contributed by atoms with van der Waals surface area (Å²) in [7, 11) is 0. The molecule has 0 atom stereocenters. The molecule has 0 aliphatic carbocycles. The second-order valence-corrected chi connectivity index (χ2v) is 9.40. The minimum absolute atomic E-state index is 0. The highest BCUT2D eigenvalue weighted by Gasteiger charge is 2.25. The predicted octanol–water partition coefficient (Wildman–Crippen LogP) is 5.71. The Hall–Kier alpha value is -2.23. The lowest BCUT2D eigenvalue weighted by molar-refractivity contribution is -0.139. The van der Waals surface area contributed by atoms with E-state index in [4.69, 9.17) is 9.72 Å². The quantitative estimate of drug-likeness (QED) is 0.179. The van der Waals surface area contributed by atoms with E-state index in [2.05, 4.69) is 15.5 Å². The van der Waals surface area contributed by atoms with Gasteiger partial charge in [-0.25, -0.2) is 9.37 Å². The van der Waals surface area contributed by atoms with E-state index < -0.39 is 0 Å². The lowest BCUT2D eigenvalue weighted by Crippen LogP contribution is -2.35. The molecule has 1 fully saturated rings. The van der Waals surface area contributed by atoms with Gasteiger partial charge in [-0.3, -0.25) is 9.59 Å². The fraction of sp³-hybridized carbons (Fsp3) is 0.423. The summed E-state index contributed by atoms with van der Waals surface area (Å²) in [5, 5.41) is 0.859. The molecule has 1 aliphatic heterocycles. The summed E-state index contributed by atoms with van der Waals surface area (Å²) in [5.41, 5.74) is 2.60. The molecule has 0 bridgehead atoms. The molecule has 1 aliphatic rings. The Morgan fingerprint density at radius 2 is 1.83 bits per heavy atom. The largest absolute Gasteiger partial charge is 0.465 e. The van der Waals surface area contributed by atoms with E-state index in [9.17, 15) is 14.0 Å². The van der Waals surface area contributed by atoms with Gasteiger partial charge in [0.15, 0.2) is 10.9 Å². The highest BCUT2D eigenvalue weighted by molar-refractivity contribution is 8.93. The van der Waals surface area contributed by atoms with Crippen molar-refractivity contribution >= 4 is 51.5 Å². The van der Waals surface area contributed by atoms with Crippen LogP contribution >= 0.6 is 28.7 Å². The third-order valence-electron chi connectivity index (χ3n) is 6.15. The van der Waals surface area contributed by atoms with E-state index in [0.717, 1.165) is 55.1 Å². The van der Waals surface area contributed by atoms with Crippen LogP contribution in [0.15, 0.2) is 53.7 Å². The molecule has 0 spiro atoms. The predicted molar refractivity (Wildman–Crippen MR) is 142 cm³/mol. The van der Waals surface area contributed by atoms with E-state index >= 15 is 0 Å². The van der Waals surface area contributed by atoms with Crippen LogP contribution in [0.4, 0.5) is 4.39 Å². The lowest BCUT2D eigenvalue weighted by atomic mass is 10.0. The molecule has 0 amide bonds. The number of benzene rings is 2. The number of ketones is 1. The molecule has 6 nitrogen and oxygen atoms in total. The number of halogens is 2. The fourth-order valence-electron chi connectivity index (χ4n) is 4.45. The Bertz CT molecular complexity index is 1130. The number of fused-ring (bicyclic) bond motifs is 1. The normalized spacial score (nSPS) is 14.6. The van der Waals surface area contributed by atoms with Crippen molar-refractivity contribution in [2.24, 2.45) is 0 Å². The molecular weight excluding hydrogens is 533 g/mol. The molecule has 3 aromatic rings. The van der Waals surface area contributed by atoms with Crippen molar-refractivity contribution in [3.63, 3.8) is 0 Å². The van der Waals surface area contributed by atoms with Gasteiger partial charge in [0.25, 0.3) is 0 Å². The Morgan fingerprint density at radius 3 is 2.54 bits per heavy atom. The monoisotopic (exact) mass is 563 g/mol. The number of likely N-dealkylation sites (tertiary alicyclic amines) is 1. The van der Waals surface area contributed by atoms with Gasteiger partial charge in [0, 0.05) is 31.1 Å². The standard InChI is InChI=1S/C26H30FN3O3S.BrH/c1-2-33-25(32)18-34-26-28-22-6-3-4-7-23(22)30(26)21-13-16-29(17-14-21)15-5-8-24(31)19-9-11-20(27)12-10-19;/h3-4,6-7,9-12,21H,2,5,8,13-18H2,1H3;1H. The van der Waals surface area contributed by atoms with Gasteiger partial charge in [0.05, 0.1) is 23.4 Å². The smallest absolute Gasteiger partial charge is 0.316 e. The maximum Gasteiger partial charge on any atom is 0.316 e. The maximum atomic E-state index is 13.1. The number of ether oxygens (including phenoxy) is 1. The first kappa shape index (κ1) is 27.4. The average Bonchev–Trinajstić information content (AvgIpc) is 3.22. The first-order valence-corrected chi connectivity index (χ1v) is 12.8. The van der Waals surface area contributed by atoms with Crippen LogP contribution in [0, 0.1) is 5.82 Å². The second-order valence-electron chi connectivity index (χ2n) is 8.45. The van der Waals surface area contributed by atoms with E-state index in [1.807, 2.05) is 25.1 Å². The maximum absolute atomic E-state index is 13.1. The van der Waals surface area contributed by atoms with Gasteiger partial charge in [0.1, 0.15) is 5.82 Å². The molecule has 4 rings (SSSR count). The molecule has 0 unspecified atom stereocenters. The molecule has 188 valence electrons. The number of thioether (sulfide) groups is 1. The third-order valence-corrected chi connectivity index (χ3v) is 7.08. The number of rotatable bonds is 10. The van der Waals surface area contributed by atoms with Crippen LogP contribution in [0.25, 0.3) is 11.0 Å². The van der Waals surface area contributed by atoms with Crippen LogP contribution in [0.2, 0.25) is 0 Å². The van der Waals surface area contributed by atoms with Crippen LogP contribution in [0.1, 0.15) is 49.0 Å². The van der Waals surface area contributed by atoms with Crippen molar-refractivity contribution in [3.8, 4) is 0 Å². The number of carbonyl (C=O) groups excluding carboxylic acids is 2. The molecule has 1 aromatic heterocycles. The summed E-state index contributed by atoms with van der Waals surface area (Å²) in [6.45, 7) is 4.96. The topological polar surface area (TPSA) is 64.4 Å². The number of imidazole rings is 1. The molecule has 9 heteroatoms. The molecule has 2 aromatic carbocycles. The van der Waals surface area contributed by atoms with Gasteiger partial charge in [-0.1, -0.05) is 23.9 Å². The zero-order chi connectivity index (χ0) is 23.9. The highest BCUT2D eigenvalue weighted by atomic mass is 79.9. The van der Waals surface area contributed by atoms with Crippen LogP contribution < -0.4 is 0 Å². The zero-order valence-corrected chi connectivity index (χ0v) is 22.4. The Balaban J connectivity index is 0.00000342. The van der Waals surface area contributed by atoms with Crippen molar-refractivity contribution in [1.82, 2.24) is 14.5 Å². The summed E-state index contributed by atoms with van der Waals surface area (Å²) in [6, 6.07) is 14.2. The molecule has 0 N–H and O–H groups in total. The first-order chi connectivity index (χ1) is 16.5. The van der Waals surface area contributed by atoms with Crippen molar-refractivity contribution in [3.05, 3.63) is 59.9 Å². The van der Waals surface area contributed by atoms with Gasteiger partial charge in [-0.15, -0.1) is 17.0 Å². The Labute approximate surface area is 220 Å². The van der Waals surface area contributed by atoms with Crippen molar-refractivity contribution in [1.29, 1.82) is 0 Å². The summed E-state index contributed by atoms with van der Waals surface area (Å²) < 4.78 is 20.4. The number of piperidine rings is 1. The average molecular weight is 565 g/mol. The van der Waals surface area contributed by atoms with Crippen LogP contribution in [-0.4, -0.2) is 58.2 Å². The minimum Gasteiger partial charge on any atom is -0.465 e. The highest BCUT2D eigenvalue weighted by Crippen LogP contribution is 2.33. The van der Waals surface area contributed by atoms with Gasteiger partial charge < -0.3 is 14.2 Å². The summed E-state index contributed by atoms with van der Waals surface area (Å²) in [4.78, 5) is 31.4. The van der Waals surface area contributed by atoms with Gasteiger partial charge in [0.2, 0.25) is 0 Å². The van der Waals surface area contributed by atoms with Crippen LogP contribution in [0.5, 0.6) is 0 Å². The van der Waals surface area contributed by atoms with Crippen LogP contribution in [-0.2, 0) is 9.53 Å². The molecular formula is C26H31BrFN3O3S. The van der Waals surface area contributed by atoms with Crippen molar-refractivity contribution in [2.75, 3.05) is 32.0 Å². The third kappa shape index (κ3) is 7.15. The SMILES string of the molecule is Br.CCOC(=O)CSc1nc2ccccc2n1C1CCN(CCCC(=O)c2ccc(F)cc2)CC1. The number of nitrogens with zero attached hydrogens (tertiary/aromatic N) is 3. The fourth-order valence-corrected chi connectivity index (χ4v) is 5.33. The van der Waals surface area contributed by atoms with E-state index in [1.165, 1.54) is 23.9 Å². The van der Waals surface area contributed by atoms with Gasteiger partial charge in [-0.05, 0) is 69.1 Å². The first-order valence-electron chi connectivity index (χ1n) is 11.8. The van der Waals surface area contributed by atoms with Crippen molar-refractivity contribution < 1.29 is 18.7 Å².